The van der Waals surface area contributed by atoms with Gasteiger partial charge in [0.25, 0.3) is 0 Å². The fourth-order valence-corrected chi connectivity index (χ4v) is 2.96. The minimum absolute atomic E-state index is 0.132. The molecule has 2 aliphatic heterocycles. The van der Waals surface area contributed by atoms with Crippen LogP contribution in [0.1, 0.15) is 17.2 Å². The normalized spacial score (nSPS) is 17.6. The zero-order chi connectivity index (χ0) is 16.0. The van der Waals surface area contributed by atoms with E-state index in [4.69, 9.17) is 23.7 Å². The maximum Gasteiger partial charge on any atom is 0.231 e. The van der Waals surface area contributed by atoms with Gasteiger partial charge in [0, 0.05) is 17.5 Å². The largest absolute Gasteiger partial charge is 0.493 e. The highest BCUT2D eigenvalue weighted by atomic mass is 16.7. The summed E-state index contributed by atoms with van der Waals surface area (Å²) in [5.41, 5.74) is 1.49. The Morgan fingerprint density at radius 1 is 1.00 bits per heavy atom. The van der Waals surface area contributed by atoms with Gasteiger partial charge in [-0.3, -0.25) is 0 Å². The second kappa shape index (κ2) is 5.24. The molecule has 2 aromatic rings. The molecule has 1 N–H and O–H groups in total. The van der Waals surface area contributed by atoms with E-state index in [1.165, 1.54) is 0 Å². The van der Waals surface area contributed by atoms with E-state index in [-0.39, 0.29) is 6.79 Å². The first-order chi connectivity index (χ1) is 11.2. The first kappa shape index (κ1) is 14.0. The number of benzene rings is 2. The van der Waals surface area contributed by atoms with Gasteiger partial charge in [-0.15, -0.1) is 0 Å². The lowest BCUT2D eigenvalue weighted by Crippen LogP contribution is -2.00. The number of aliphatic hydroxyl groups excluding tert-OH is 1. The Morgan fingerprint density at radius 3 is 2.65 bits per heavy atom. The Morgan fingerprint density at radius 2 is 1.87 bits per heavy atom. The van der Waals surface area contributed by atoms with Crippen molar-refractivity contribution in [3.05, 3.63) is 35.4 Å². The summed E-state index contributed by atoms with van der Waals surface area (Å²) < 4.78 is 27.8. The van der Waals surface area contributed by atoms with Crippen molar-refractivity contribution in [1.82, 2.24) is 0 Å². The molecule has 0 saturated carbocycles. The quantitative estimate of drug-likeness (QED) is 0.919. The minimum Gasteiger partial charge on any atom is -0.493 e. The van der Waals surface area contributed by atoms with Crippen LogP contribution in [-0.2, 0) is 6.42 Å². The van der Waals surface area contributed by atoms with Gasteiger partial charge in [0.15, 0.2) is 23.0 Å². The molecular formula is C17H16O6. The second-order valence-electron chi connectivity index (χ2n) is 5.33. The van der Waals surface area contributed by atoms with E-state index in [1.807, 2.05) is 6.07 Å². The molecule has 2 heterocycles. The average Bonchev–Trinajstić information content (AvgIpc) is 2.99. The molecule has 0 aliphatic carbocycles. The monoisotopic (exact) mass is 316 g/mol. The fraction of sp³-hybridized carbons (Fsp3) is 0.294. The Labute approximate surface area is 133 Å². The molecule has 0 aromatic heterocycles. The summed E-state index contributed by atoms with van der Waals surface area (Å²) in [6.45, 7) is 0.132. The molecule has 1 atom stereocenters. The molecule has 120 valence electrons. The molecule has 0 amide bonds. The zero-order valence-corrected chi connectivity index (χ0v) is 12.8. The highest BCUT2D eigenvalue weighted by Crippen LogP contribution is 2.53. The molecule has 0 saturated heterocycles. The van der Waals surface area contributed by atoms with E-state index in [2.05, 4.69) is 0 Å². The predicted molar refractivity (Wildman–Crippen MR) is 80.8 cm³/mol. The van der Waals surface area contributed by atoms with Crippen LogP contribution < -0.4 is 23.7 Å². The molecule has 6 heteroatoms. The third-order valence-electron chi connectivity index (χ3n) is 4.08. The average molecular weight is 316 g/mol. The third kappa shape index (κ3) is 2.06. The molecule has 0 spiro atoms. The van der Waals surface area contributed by atoms with Crippen molar-refractivity contribution in [3.8, 4) is 34.5 Å². The number of methoxy groups -OCH3 is 2. The van der Waals surface area contributed by atoms with E-state index >= 15 is 0 Å². The molecule has 1 unspecified atom stereocenters. The lowest BCUT2D eigenvalue weighted by molar-refractivity contribution is 0.169. The van der Waals surface area contributed by atoms with E-state index in [9.17, 15) is 5.11 Å². The first-order valence-electron chi connectivity index (χ1n) is 7.25. The van der Waals surface area contributed by atoms with Crippen molar-refractivity contribution in [2.24, 2.45) is 0 Å². The summed E-state index contributed by atoms with van der Waals surface area (Å²) in [7, 11) is 3.12. The Hall–Kier alpha value is -2.60. The van der Waals surface area contributed by atoms with Crippen molar-refractivity contribution in [2.45, 2.75) is 12.5 Å². The van der Waals surface area contributed by atoms with Crippen LogP contribution in [0.4, 0.5) is 0 Å². The van der Waals surface area contributed by atoms with Gasteiger partial charge in [0.2, 0.25) is 18.3 Å². The Kier molecular flexibility index (Phi) is 3.20. The van der Waals surface area contributed by atoms with Gasteiger partial charge in [-0.25, -0.2) is 0 Å². The standard InChI is InChI=1S/C17H16O6/c1-19-12-5-3-9-7-11(18)10-4-6-13-17(22-8-21-13)15(10)23-14(9)16(12)20-2/h3-6,11,18H,7-8H2,1-2H3. The summed E-state index contributed by atoms with van der Waals surface area (Å²) in [6.07, 6.45) is -0.304. The van der Waals surface area contributed by atoms with Crippen molar-refractivity contribution < 1.29 is 28.8 Å². The summed E-state index contributed by atoms with van der Waals surface area (Å²) >= 11 is 0. The van der Waals surface area contributed by atoms with E-state index in [0.717, 1.165) is 5.56 Å². The maximum atomic E-state index is 10.6. The van der Waals surface area contributed by atoms with E-state index < -0.39 is 6.10 Å². The van der Waals surface area contributed by atoms with Crippen LogP contribution in [0, 0.1) is 0 Å². The van der Waals surface area contributed by atoms with Crippen LogP contribution in [0.5, 0.6) is 34.5 Å². The number of hydrogen-bond donors (Lipinski definition) is 1. The summed E-state index contributed by atoms with van der Waals surface area (Å²) in [5, 5.41) is 10.6. The molecule has 6 nitrogen and oxygen atoms in total. The maximum absolute atomic E-state index is 10.6. The SMILES string of the molecule is COc1ccc2c(c1OC)Oc1c(ccc3c1OCO3)C(O)C2. The number of ether oxygens (including phenoxy) is 5. The second-order valence-corrected chi connectivity index (χ2v) is 5.33. The lowest BCUT2D eigenvalue weighted by atomic mass is 10.0. The van der Waals surface area contributed by atoms with E-state index in [1.54, 1.807) is 32.4 Å². The van der Waals surface area contributed by atoms with Gasteiger partial charge >= 0.3 is 0 Å². The summed E-state index contributed by atoms with van der Waals surface area (Å²) in [4.78, 5) is 0. The van der Waals surface area contributed by atoms with Crippen molar-refractivity contribution in [2.75, 3.05) is 21.0 Å². The predicted octanol–water partition coefficient (Wildman–Crippen LogP) is 2.81. The molecule has 4 rings (SSSR count). The molecule has 2 aromatic carbocycles. The highest BCUT2D eigenvalue weighted by Gasteiger charge is 2.31. The topological polar surface area (TPSA) is 66.4 Å². The minimum atomic E-state index is -0.709. The highest BCUT2D eigenvalue weighted by molar-refractivity contribution is 5.64. The van der Waals surface area contributed by atoms with Gasteiger partial charge in [-0.1, -0.05) is 6.07 Å². The van der Waals surface area contributed by atoms with Gasteiger partial charge < -0.3 is 28.8 Å². The van der Waals surface area contributed by atoms with Gasteiger partial charge in [0.05, 0.1) is 20.3 Å². The van der Waals surface area contributed by atoms with Crippen LogP contribution >= 0.6 is 0 Å². The van der Waals surface area contributed by atoms with Crippen LogP contribution in [0.2, 0.25) is 0 Å². The molecular weight excluding hydrogens is 300 g/mol. The summed E-state index contributed by atoms with van der Waals surface area (Å²) in [6, 6.07) is 7.24. The molecule has 0 bridgehead atoms. The van der Waals surface area contributed by atoms with Gasteiger partial charge in [-0.05, 0) is 18.2 Å². The number of rotatable bonds is 2. The third-order valence-corrected chi connectivity index (χ3v) is 4.08. The van der Waals surface area contributed by atoms with Crippen LogP contribution in [0.15, 0.2) is 24.3 Å². The number of hydrogen-bond acceptors (Lipinski definition) is 6. The number of aliphatic hydroxyl groups is 1. The van der Waals surface area contributed by atoms with E-state index in [0.29, 0.717) is 46.5 Å². The number of fused-ring (bicyclic) bond motifs is 4. The first-order valence-corrected chi connectivity index (χ1v) is 7.25. The molecule has 0 radical (unpaired) electrons. The smallest absolute Gasteiger partial charge is 0.231 e. The van der Waals surface area contributed by atoms with Crippen molar-refractivity contribution in [3.63, 3.8) is 0 Å². The van der Waals surface area contributed by atoms with Crippen LogP contribution in [0.3, 0.4) is 0 Å². The van der Waals surface area contributed by atoms with Crippen molar-refractivity contribution in [1.29, 1.82) is 0 Å². The zero-order valence-electron chi connectivity index (χ0n) is 12.8. The van der Waals surface area contributed by atoms with Crippen LogP contribution in [-0.4, -0.2) is 26.1 Å². The Bertz CT molecular complexity index is 770. The lowest BCUT2D eigenvalue weighted by Gasteiger charge is -2.16. The molecule has 23 heavy (non-hydrogen) atoms. The fourth-order valence-electron chi connectivity index (χ4n) is 2.96. The molecule has 0 fully saturated rings. The van der Waals surface area contributed by atoms with Crippen molar-refractivity contribution >= 4 is 0 Å². The summed E-state index contributed by atoms with van der Waals surface area (Å²) in [5.74, 6) is 3.13. The van der Waals surface area contributed by atoms with Gasteiger partial charge in [0.1, 0.15) is 0 Å². The Balaban J connectivity index is 1.93. The molecule has 2 aliphatic rings. The van der Waals surface area contributed by atoms with Crippen LogP contribution in [0.25, 0.3) is 0 Å². The van der Waals surface area contributed by atoms with Gasteiger partial charge in [-0.2, -0.15) is 0 Å².